The predicted octanol–water partition coefficient (Wildman–Crippen LogP) is 5.56. The van der Waals surface area contributed by atoms with Crippen molar-refractivity contribution in [2.24, 2.45) is 5.73 Å². The van der Waals surface area contributed by atoms with Crippen molar-refractivity contribution in [3.05, 3.63) is 68.5 Å². The molecule has 0 radical (unpaired) electrons. The zero-order valence-electron chi connectivity index (χ0n) is 10.6. The average molecular weight is 367 g/mol. The lowest BCUT2D eigenvalue weighted by atomic mass is 9.99. The van der Waals surface area contributed by atoms with Crippen LogP contribution in [0, 0.1) is 0 Å². The van der Waals surface area contributed by atoms with Crippen molar-refractivity contribution in [2.75, 3.05) is 0 Å². The summed E-state index contributed by atoms with van der Waals surface area (Å²) in [6.45, 7) is 0. The first kappa shape index (κ1) is 14.1. The van der Waals surface area contributed by atoms with Gasteiger partial charge in [-0.3, -0.25) is 0 Å². The normalized spacial score (nSPS) is 12.8. The fraction of sp³-hybridized carbons (Fsp3) is 0.125. The van der Waals surface area contributed by atoms with Crippen LogP contribution in [0.1, 0.15) is 17.2 Å². The van der Waals surface area contributed by atoms with Crippen LogP contribution in [0.15, 0.2) is 52.3 Å². The van der Waals surface area contributed by atoms with Gasteiger partial charge in [-0.1, -0.05) is 45.7 Å². The molecule has 0 amide bonds. The highest BCUT2D eigenvalue weighted by molar-refractivity contribution is 9.10. The highest BCUT2D eigenvalue weighted by atomic mass is 79.9. The minimum atomic E-state index is -0.0684. The lowest BCUT2D eigenvalue weighted by Gasteiger charge is -2.14. The van der Waals surface area contributed by atoms with Crippen molar-refractivity contribution in [3.8, 4) is 0 Å². The van der Waals surface area contributed by atoms with Gasteiger partial charge in [0.05, 0.1) is 0 Å². The number of fused-ring (bicyclic) bond motifs is 1. The second kappa shape index (κ2) is 5.86. The maximum absolute atomic E-state index is 6.36. The summed E-state index contributed by atoms with van der Waals surface area (Å²) in [4.78, 5) is 0. The maximum Gasteiger partial charge on any atom is 0.0410 e. The fourth-order valence-corrected chi connectivity index (χ4v) is 4.03. The molecule has 1 atom stereocenters. The molecule has 3 aromatic rings. The largest absolute Gasteiger partial charge is 0.324 e. The molecular weight excluding hydrogens is 354 g/mol. The first-order valence-corrected chi connectivity index (χ1v) is 8.36. The molecule has 2 aromatic carbocycles. The fourth-order valence-electron chi connectivity index (χ4n) is 2.34. The van der Waals surface area contributed by atoms with E-state index in [0.717, 1.165) is 16.5 Å². The maximum atomic E-state index is 6.36. The second-order valence-corrected chi connectivity index (χ2v) is 6.94. The highest BCUT2D eigenvalue weighted by Crippen LogP contribution is 2.31. The SMILES string of the molecule is NC(Cc1csc2ccccc12)c1cc(Cl)ccc1Br. The van der Waals surface area contributed by atoms with E-state index >= 15 is 0 Å². The minimum Gasteiger partial charge on any atom is -0.324 e. The molecule has 0 saturated heterocycles. The Balaban J connectivity index is 1.92. The summed E-state index contributed by atoms with van der Waals surface area (Å²) in [6.07, 6.45) is 0.808. The van der Waals surface area contributed by atoms with Crippen LogP contribution < -0.4 is 5.73 Å². The second-order valence-electron chi connectivity index (χ2n) is 4.73. The van der Waals surface area contributed by atoms with Gasteiger partial charge >= 0.3 is 0 Å². The molecular formula is C16H13BrClNS. The molecule has 1 unspecified atom stereocenters. The molecule has 20 heavy (non-hydrogen) atoms. The van der Waals surface area contributed by atoms with E-state index < -0.39 is 0 Å². The summed E-state index contributed by atoms with van der Waals surface area (Å²) in [5.74, 6) is 0. The molecule has 3 rings (SSSR count). The van der Waals surface area contributed by atoms with E-state index in [-0.39, 0.29) is 6.04 Å². The van der Waals surface area contributed by atoms with E-state index in [1.54, 1.807) is 11.3 Å². The summed E-state index contributed by atoms with van der Waals surface area (Å²) in [6, 6.07) is 14.1. The van der Waals surface area contributed by atoms with E-state index in [1.165, 1.54) is 15.6 Å². The zero-order chi connectivity index (χ0) is 14.1. The van der Waals surface area contributed by atoms with Crippen molar-refractivity contribution in [1.82, 2.24) is 0 Å². The number of halogens is 2. The molecule has 1 nitrogen and oxygen atoms in total. The molecule has 4 heteroatoms. The third-order valence-corrected chi connectivity index (χ3v) is 5.33. The Labute approximate surface area is 135 Å². The molecule has 0 aliphatic heterocycles. The van der Waals surface area contributed by atoms with Crippen LogP contribution in [0.4, 0.5) is 0 Å². The van der Waals surface area contributed by atoms with Crippen LogP contribution >= 0.6 is 38.9 Å². The number of thiophene rings is 1. The number of hydrogen-bond donors (Lipinski definition) is 1. The number of rotatable bonds is 3. The van der Waals surface area contributed by atoms with Gasteiger partial charge in [0.25, 0.3) is 0 Å². The van der Waals surface area contributed by atoms with Crippen LogP contribution in [0.3, 0.4) is 0 Å². The average Bonchev–Trinajstić information content (AvgIpc) is 2.85. The van der Waals surface area contributed by atoms with Crippen LogP contribution in [-0.4, -0.2) is 0 Å². The number of hydrogen-bond acceptors (Lipinski definition) is 2. The van der Waals surface area contributed by atoms with E-state index in [1.807, 2.05) is 18.2 Å². The van der Waals surface area contributed by atoms with Gasteiger partial charge < -0.3 is 5.73 Å². The van der Waals surface area contributed by atoms with Crippen molar-refractivity contribution in [3.63, 3.8) is 0 Å². The van der Waals surface area contributed by atoms with Crippen molar-refractivity contribution < 1.29 is 0 Å². The van der Waals surface area contributed by atoms with Gasteiger partial charge in [-0.2, -0.15) is 0 Å². The third-order valence-electron chi connectivity index (χ3n) is 3.36. The van der Waals surface area contributed by atoms with E-state index in [9.17, 15) is 0 Å². The summed E-state index contributed by atoms with van der Waals surface area (Å²) in [7, 11) is 0. The quantitative estimate of drug-likeness (QED) is 0.645. The third kappa shape index (κ3) is 2.77. The Hall–Kier alpha value is -0.870. The van der Waals surface area contributed by atoms with Gasteiger partial charge in [0.1, 0.15) is 0 Å². The molecule has 0 spiro atoms. The Morgan fingerprint density at radius 1 is 1.20 bits per heavy atom. The Morgan fingerprint density at radius 2 is 2.00 bits per heavy atom. The number of benzene rings is 2. The summed E-state index contributed by atoms with van der Waals surface area (Å²) in [5, 5.41) is 4.21. The van der Waals surface area contributed by atoms with Gasteiger partial charge in [-0.15, -0.1) is 11.3 Å². The summed E-state index contributed by atoms with van der Waals surface area (Å²) < 4.78 is 2.31. The van der Waals surface area contributed by atoms with Gasteiger partial charge in [-0.05, 0) is 52.6 Å². The number of nitrogens with two attached hydrogens (primary N) is 1. The standard InChI is InChI=1S/C16H13BrClNS/c17-14-6-5-11(18)8-13(14)15(19)7-10-9-20-16-4-2-1-3-12(10)16/h1-6,8-9,15H,7,19H2. The lowest BCUT2D eigenvalue weighted by Crippen LogP contribution is -2.13. The zero-order valence-corrected chi connectivity index (χ0v) is 13.8. The molecule has 0 bridgehead atoms. The van der Waals surface area contributed by atoms with Crippen molar-refractivity contribution in [1.29, 1.82) is 0 Å². The van der Waals surface area contributed by atoms with Crippen LogP contribution in [0.5, 0.6) is 0 Å². The summed E-state index contributed by atoms with van der Waals surface area (Å²) >= 11 is 11.4. The minimum absolute atomic E-state index is 0.0684. The van der Waals surface area contributed by atoms with Crippen LogP contribution in [-0.2, 0) is 6.42 Å². The van der Waals surface area contributed by atoms with E-state index in [0.29, 0.717) is 5.02 Å². The Morgan fingerprint density at radius 3 is 2.85 bits per heavy atom. The molecule has 0 aliphatic carbocycles. The molecule has 2 N–H and O–H groups in total. The predicted molar refractivity (Wildman–Crippen MR) is 91.6 cm³/mol. The highest BCUT2D eigenvalue weighted by Gasteiger charge is 2.13. The van der Waals surface area contributed by atoms with Crippen LogP contribution in [0.2, 0.25) is 5.02 Å². The first-order chi connectivity index (χ1) is 9.65. The first-order valence-electron chi connectivity index (χ1n) is 6.31. The van der Waals surface area contributed by atoms with Crippen molar-refractivity contribution in [2.45, 2.75) is 12.5 Å². The molecule has 102 valence electrons. The van der Waals surface area contributed by atoms with E-state index in [2.05, 4.69) is 45.6 Å². The molecule has 1 aromatic heterocycles. The molecule has 0 saturated carbocycles. The monoisotopic (exact) mass is 365 g/mol. The molecule has 1 heterocycles. The summed E-state index contributed by atoms with van der Waals surface area (Å²) in [5.41, 5.74) is 8.71. The van der Waals surface area contributed by atoms with Gasteiger partial charge in [0.2, 0.25) is 0 Å². The van der Waals surface area contributed by atoms with Gasteiger partial charge in [-0.25, -0.2) is 0 Å². The molecule has 0 fully saturated rings. The van der Waals surface area contributed by atoms with Crippen molar-refractivity contribution >= 4 is 49.0 Å². The van der Waals surface area contributed by atoms with Gasteiger partial charge in [0, 0.05) is 20.2 Å². The van der Waals surface area contributed by atoms with Gasteiger partial charge in [0.15, 0.2) is 0 Å². The topological polar surface area (TPSA) is 26.0 Å². The lowest BCUT2D eigenvalue weighted by molar-refractivity contribution is 0.723. The van der Waals surface area contributed by atoms with Crippen LogP contribution in [0.25, 0.3) is 10.1 Å². The Bertz CT molecular complexity index is 753. The van der Waals surface area contributed by atoms with E-state index in [4.69, 9.17) is 17.3 Å². The molecule has 0 aliphatic rings. The smallest absolute Gasteiger partial charge is 0.0410 e. The Kier molecular flexibility index (Phi) is 4.13.